The van der Waals surface area contributed by atoms with Gasteiger partial charge in [-0.1, -0.05) is 74.7 Å². The lowest BCUT2D eigenvalue weighted by atomic mass is 9.93. The van der Waals surface area contributed by atoms with Gasteiger partial charge in [-0.15, -0.1) is 0 Å². The van der Waals surface area contributed by atoms with Crippen LogP contribution in [0.1, 0.15) is 67.8 Å². The summed E-state index contributed by atoms with van der Waals surface area (Å²) in [5.41, 5.74) is 8.19. The van der Waals surface area contributed by atoms with E-state index in [-0.39, 0.29) is 0 Å². The molecule has 1 aromatic heterocycles. The van der Waals surface area contributed by atoms with E-state index in [9.17, 15) is 0 Å². The fraction of sp³-hybridized carbons (Fsp3) is 0.467. The Kier molecular flexibility index (Phi) is 9.17. The first-order valence-corrected chi connectivity index (χ1v) is 12.3. The highest BCUT2D eigenvalue weighted by molar-refractivity contribution is 5.95. The molecule has 0 N–H and O–H groups in total. The summed E-state index contributed by atoms with van der Waals surface area (Å²) in [6, 6.07) is 17.7. The number of fused-ring (bicyclic) bond motifs is 1. The summed E-state index contributed by atoms with van der Waals surface area (Å²) in [7, 11) is 4.01. The number of aryl methyl sites for hydroxylation is 3. The lowest BCUT2D eigenvalue weighted by Gasteiger charge is -2.15. The average molecular weight is 432 g/mol. The van der Waals surface area contributed by atoms with Crippen LogP contribution in [-0.2, 0) is 24.6 Å². The molecular formula is C30H41NO. The zero-order chi connectivity index (χ0) is 22.9. The Labute approximate surface area is 195 Å². The minimum absolute atomic E-state index is 0.477. The molecule has 3 aromatic rings. The van der Waals surface area contributed by atoms with Gasteiger partial charge in [0.2, 0.25) is 0 Å². The molecule has 0 spiro atoms. The van der Waals surface area contributed by atoms with Crippen molar-refractivity contribution >= 4 is 16.5 Å². The van der Waals surface area contributed by atoms with Gasteiger partial charge in [0.15, 0.2) is 0 Å². The first-order valence-electron chi connectivity index (χ1n) is 12.3. The van der Waals surface area contributed by atoms with Crippen molar-refractivity contribution in [2.75, 3.05) is 13.7 Å². The van der Waals surface area contributed by atoms with Crippen molar-refractivity contribution in [3.63, 3.8) is 0 Å². The van der Waals surface area contributed by atoms with Crippen molar-refractivity contribution in [1.82, 2.24) is 4.57 Å². The molecule has 1 heterocycles. The van der Waals surface area contributed by atoms with Crippen LogP contribution in [0.4, 0.5) is 0 Å². The Morgan fingerprint density at radius 3 is 2.38 bits per heavy atom. The Bertz CT molecular complexity index is 999. The highest BCUT2D eigenvalue weighted by Gasteiger charge is 2.18. The Morgan fingerprint density at radius 1 is 0.969 bits per heavy atom. The van der Waals surface area contributed by atoms with Crippen molar-refractivity contribution in [2.24, 2.45) is 13.0 Å². The average Bonchev–Trinajstić information content (AvgIpc) is 3.04. The molecule has 0 saturated heterocycles. The number of benzene rings is 2. The molecule has 0 aliphatic rings. The normalized spacial score (nSPS) is 12.4. The van der Waals surface area contributed by atoms with E-state index in [0.29, 0.717) is 5.92 Å². The van der Waals surface area contributed by atoms with Gasteiger partial charge in [-0.05, 0) is 68.2 Å². The second-order valence-electron chi connectivity index (χ2n) is 9.52. The number of nitrogens with zero attached hydrogens (tertiary/aromatic N) is 1. The van der Waals surface area contributed by atoms with Gasteiger partial charge in [-0.2, -0.15) is 0 Å². The number of allylic oxidation sites excluding steroid dienone is 1. The molecule has 0 fully saturated rings. The zero-order valence-electron chi connectivity index (χ0n) is 20.6. The molecule has 2 nitrogen and oxygen atoms in total. The van der Waals surface area contributed by atoms with Crippen molar-refractivity contribution in [3.8, 4) is 0 Å². The van der Waals surface area contributed by atoms with Crippen molar-refractivity contribution in [1.29, 1.82) is 0 Å². The van der Waals surface area contributed by atoms with Crippen LogP contribution in [0, 0.1) is 12.8 Å². The van der Waals surface area contributed by atoms with Crippen molar-refractivity contribution < 1.29 is 4.74 Å². The Balaban J connectivity index is 1.62. The van der Waals surface area contributed by atoms with E-state index in [1.807, 2.05) is 0 Å². The van der Waals surface area contributed by atoms with E-state index in [1.54, 1.807) is 7.11 Å². The van der Waals surface area contributed by atoms with Crippen LogP contribution in [0.3, 0.4) is 0 Å². The van der Waals surface area contributed by atoms with Gasteiger partial charge in [0, 0.05) is 42.9 Å². The molecule has 0 aliphatic carbocycles. The maximum Gasteiger partial charge on any atom is 0.0491 e. The Hall–Kier alpha value is -2.32. The number of aromatic nitrogens is 1. The van der Waals surface area contributed by atoms with Gasteiger partial charge in [-0.25, -0.2) is 0 Å². The van der Waals surface area contributed by atoms with Crippen LogP contribution in [0.25, 0.3) is 16.5 Å². The standard InChI is InChI=1S/C30H41NO/c1-23-18-19-28-27(21-23)30(25(3)20-24(2)22-32-5)29(31(28)4)17-13-8-6-7-10-14-26-15-11-9-12-16-26/h9,11-12,15-16,18-19,21,24H,3,6-8,10,13-14,17,20,22H2,1-2,4-5H3. The largest absolute Gasteiger partial charge is 0.384 e. The third kappa shape index (κ3) is 6.36. The van der Waals surface area contributed by atoms with Gasteiger partial charge in [0.05, 0.1) is 0 Å². The summed E-state index contributed by atoms with van der Waals surface area (Å²) in [5, 5.41) is 1.36. The van der Waals surface area contributed by atoms with Gasteiger partial charge in [0.1, 0.15) is 0 Å². The molecule has 0 saturated carbocycles. The van der Waals surface area contributed by atoms with Gasteiger partial charge < -0.3 is 9.30 Å². The second-order valence-corrected chi connectivity index (χ2v) is 9.52. The maximum atomic E-state index is 5.38. The third-order valence-electron chi connectivity index (χ3n) is 6.60. The minimum Gasteiger partial charge on any atom is -0.384 e. The van der Waals surface area contributed by atoms with Gasteiger partial charge in [0.25, 0.3) is 0 Å². The smallest absolute Gasteiger partial charge is 0.0491 e. The topological polar surface area (TPSA) is 14.2 Å². The van der Waals surface area contributed by atoms with Crippen molar-refractivity contribution in [2.45, 2.75) is 65.2 Å². The van der Waals surface area contributed by atoms with Crippen LogP contribution in [0.5, 0.6) is 0 Å². The van der Waals surface area contributed by atoms with Crippen LogP contribution in [0.15, 0.2) is 55.1 Å². The molecule has 2 aromatic carbocycles. The fourth-order valence-corrected chi connectivity index (χ4v) is 4.96. The lowest BCUT2D eigenvalue weighted by Crippen LogP contribution is -2.05. The summed E-state index contributed by atoms with van der Waals surface area (Å²) in [4.78, 5) is 0. The minimum atomic E-state index is 0.477. The van der Waals surface area contributed by atoms with Crippen LogP contribution < -0.4 is 0 Å². The molecule has 1 unspecified atom stereocenters. The van der Waals surface area contributed by atoms with E-state index in [2.05, 4.69) is 80.6 Å². The molecule has 32 heavy (non-hydrogen) atoms. The van der Waals surface area contributed by atoms with E-state index < -0.39 is 0 Å². The van der Waals surface area contributed by atoms with Crippen LogP contribution >= 0.6 is 0 Å². The zero-order valence-corrected chi connectivity index (χ0v) is 20.6. The van der Waals surface area contributed by atoms with Gasteiger partial charge >= 0.3 is 0 Å². The predicted octanol–water partition coefficient (Wildman–Crippen LogP) is 7.91. The molecule has 172 valence electrons. The molecule has 1 atom stereocenters. The summed E-state index contributed by atoms with van der Waals surface area (Å²) in [6.07, 6.45) is 9.76. The predicted molar refractivity (Wildman–Crippen MR) is 139 cm³/mol. The molecule has 3 rings (SSSR count). The fourth-order valence-electron chi connectivity index (χ4n) is 4.96. The molecule has 0 bridgehead atoms. The quantitative estimate of drug-likeness (QED) is 0.251. The number of ether oxygens (including phenoxy) is 1. The van der Waals surface area contributed by atoms with Crippen LogP contribution in [-0.4, -0.2) is 18.3 Å². The SMILES string of the molecule is C=C(CC(C)COC)c1c(CCCCCCCc2ccccc2)n(C)c2ccc(C)cc12. The monoisotopic (exact) mass is 431 g/mol. The Morgan fingerprint density at radius 2 is 1.66 bits per heavy atom. The maximum absolute atomic E-state index is 5.38. The summed E-state index contributed by atoms with van der Waals surface area (Å²) < 4.78 is 7.78. The third-order valence-corrected chi connectivity index (χ3v) is 6.60. The molecule has 2 heteroatoms. The summed E-state index contributed by atoms with van der Waals surface area (Å²) in [6.45, 7) is 9.74. The molecule has 0 radical (unpaired) electrons. The summed E-state index contributed by atoms with van der Waals surface area (Å²) in [5.74, 6) is 0.477. The highest BCUT2D eigenvalue weighted by Crippen LogP contribution is 2.35. The number of methoxy groups -OCH3 is 1. The lowest BCUT2D eigenvalue weighted by molar-refractivity contribution is 0.161. The van der Waals surface area contributed by atoms with Gasteiger partial charge in [-0.3, -0.25) is 0 Å². The number of hydrogen-bond donors (Lipinski definition) is 0. The second kappa shape index (κ2) is 12.1. The van der Waals surface area contributed by atoms with Crippen molar-refractivity contribution in [3.05, 3.63) is 77.5 Å². The number of hydrogen-bond acceptors (Lipinski definition) is 1. The van der Waals surface area contributed by atoms with E-state index in [4.69, 9.17) is 4.74 Å². The first kappa shape index (κ1) is 24.3. The molecule has 0 aliphatic heterocycles. The highest BCUT2D eigenvalue weighted by atomic mass is 16.5. The molecule has 0 amide bonds. The van der Waals surface area contributed by atoms with E-state index >= 15 is 0 Å². The first-order chi connectivity index (χ1) is 15.5. The summed E-state index contributed by atoms with van der Waals surface area (Å²) >= 11 is 0. The molecular weight excluding hydrogens is 390 g/mol. The van der Waals surface area contributed by atoms with E-state index in [0.717, 1.165) is 19.4 Å². The number of unbranched alkanes of at least 4 members (excludes halogenated alkanes) is 4. The van der Waals surface area contributed by atoms with E-state index in [1.165, 1.54) is 77.4 Å². The van der Waals surface area contributed by atoms with Crippen LogP contribution in [0.2, 0.25) is 0 Å². The number of rotatable bonds is 13.